The molecule has 0 bridgehead atoms. The smallest absolute Gasteiger partial charge is 0.269 e. The standard InChI is InChI=1S/C23H21N7O2S/c1-15-13-16(2)28(26-15)12-11-21-25-22-19-5-3-4-6-20(19)24-23(29(22)27-21)33-14-17-7-9-18(10-8-17)30(31)32/h3-10,13H,11-12,14H2,1-2H3. The van der Waals surface area contributed by atoms with Crippen LogP contribution < -0.4 is 0 Å². The Morgan fingerprint density at radius 3 is 2.55 bits per heavy atom. The summed E-state index contributed by atoms with van der Waals surface area (Å²) in [5, 5.41) is 21.8. The second-order valence-corrected chi connectivity index (χ2v) is 8.73. The SMILES string of the molecule is Cc1cc(C)n(CCc2nc3c4ccccc4nc(SCc4ccc([N+](=O)[O-])cc4)n3n2)n1. The number of aryl methyl sites for hydroxylation is 4. The molecule has 0 N–H and O–H groups in total. The molecule has 0 spiro atoms. The van der Waals surface area contributed by atoms with E-state index in [-0.39, 0.29) is 5.69 Å². The van der Waals surface area contributed by atoms with E-state index in [0.717, 1.165) is 44.5 Å². The number of nitrogens with zero attached hydrogens (tertiary/aromatic N) is 7. The minimum absolute atomic E-state index is 0.0819. The minimum atomic E-state index is -0.394. The number of hydrogen-bond donors (Lipinski definition) is 0. The highest BCUT2D eigenvalue weighted by Crippen LogP contribution is 2.27. The summed E-state index contributed by atoms with van der Waals surface area (Å²) in [5.74, 6) is 1.34. The van der Waals surface area contributed by atoms with E-state index in [1.54, 1.807) is 16.6 Å². The number of hydrogen-bond acceptors (Lipinski definition) is 7. The van der Waals surface area contributed by atoms with Crippen molar-refractivity contribution < 1.29 is 4.92 Å². The normalized spacial score (nSPS) is 11.5. The zero-order chi connectivity index (χ0) is 22.9. The monoisotopic (exact) mass is 459 g/mol. The van der Waals surface area contributed by atoms with Gasteiger partial charge in [0.25, 0.3) is 5.69 Å². The van der Waals surface area contributed by atoms with Crippen molar-refractivity contribution in [3.8, 4) is 0 Å². The highest BCUT2D eigenvalue weighted by Gasteiger charge is 2.15. The van der Waals surface area contributed by atoms with Gasteiger partial charge in [0.1, 0.15) is 0 Å². The van der Waals surface area contributed by atoms with Crippen molar-refractivity contribution in [1.29, 1.82) is 0 Å². The van der Waals surface area contributed by atoms with E-state index >= 15 is 0 Å². The van der Waals surface area contributed by atoms with E-state index in [1.807, 2.05) is 42.8 Å². The maximum absolute atomic E-state index is 10.9. The first-order valence-electron chi connectivity index (χ1n) is 10.5. The van der Waals surface area contributed by atoms with Gasteiger partial charge in [-0.05, 0) is 37.6 Å². The zero-order valence-corrected chi connectivity index (χ0v) is 19.0. The molecule has 5 aromatic rings. The molecule has 0 aliphatic rings. The van der Waals surface area contributed by atoms with Gasteiger partial charge in [-0.1, -0.05) is 36.0 Å². The molecule has 0 unspecified atom stereocenters. The quantitative estimate of drug-likeness (QED) is 0.152. The fourth-order valence-corrected chi connectivity index (χ4v) is 4.64. The molecule has 2 aromatic carbocycles. The van der Waals surface area contributed by atoms with Gasteiger partial charge in [0.2, 0.25) is 0 Å². The summed E-state index contributed by atoms with van der Waals surface area (Å²) in [6.45, 7) is 4.73. The van der Waals surface area contributed by atoms with E-state index in [2.05, 4.69) is 11.2 Å². The summed E-state index contributed by atoms with van der Waals surface area (Å²) >= 11 is 1.53. The molecule has 3 heterocycles. The van der Waals surface area contributed by atoms with Gasteiger partial charge in [0.15, 0.2) is 16.6 Å². The van der Waals surface area contributed by atoms with Crippen LogP contribution in [0.3, 0.4) is 0 Å². The number of nitro benzene ring substituents is 1. The van der Waals surface area contributed by atoms with E-state index in [9.17, 15) is 10.1 Å². The molecule has 5 rings (SSSR count). The lowest BCUT2D eigenvalue weighted by molar-refractivity contribution is -0.384. The fraction of sp³-hybridized carbons (Fsp3) is 0.217. The summed E-state index contributed by atoms with van der Waals surface area (Å²) in [7, 11) is 0. The highest BCUT2D eigenvalue weighted by molar-refractivity contribution is 7.98. The first-order valence-corrected chi connectivity index (χ1v) is 11.5. The fourth-order valence-electron chi connectivity index (χ4n) is 3.74. The van der Waals surface area contributed by atoms with Crippen LogP contribution in [0.15, 0.2) is 59.8 Å². The predicted octanol–water partition coefficient (Wildman–Crippen LogP) is 4.53. The maximum Gasteiger partial charge on any atom is 0.269 e. The molecule has 10 heteroatoms. The highest BCUT2D eigenvalue weighted by atomic mass is 32.2. The van der Waals surface area contributed by atoms with Crippen molar-refractivity contribution in [3.05, 3.63) is 87.5 Å². The third-order valence-electron chi connectivity index (χ3n) is 5.36. The average molecular weight is 460 g/mol. The lowest BCUT2D eigenvalue weighted by atomic mass is 10.2. The Hall–Kier alpha value is -3.79. The third kappa shape index (κ3) is 4.29. The van der Waals surface area contributed by atoms with Gasteiger partial charge in [-0.25, -0.2) is 9.97 Å². The lowest BCUT2D eigenvalue weighted by Gasteiger charge is -2.06. The second-order valence-electron chi connectivity index (χ2n) is 7.79. The Morgan fingerprint density at radius 1 is 1.03 bits per heavy atom. The van der Waals surface area contributed by atoms with Crippen LogP contribution in [-0.2, 0) is 18.7 Å². The van der Waals surface area contributed by atoms with Crippen LogP contribution in [0.25, 0.3) is 16.6 Å². The summed E-state index contributed by atoms with van der Waals surface area (Å²) in [6.07, 6.45) is 0.657. The maximum atomic E-state index is 10.9. The molecule has 0 atom stereocenters. The predicted molar refractivity (Wildman–Crippen MR) is 126 cm³/mol. The number of thioether (sulfide) groups is 1. The number of non-ortho nitro benzene ring substituents is 1. The van der Waals surface area contributed by atoms with Crippen LogP contribution in [-0.4, -0.2) is 34.3 Å². The van der Waals surface area contributed by atoms with Crippen molar-refractivity contribution in [2.45, 2.75) is 37.7 Å². The van der Waals surface area contributed by atoms with Gasteiger partial charge < -0.3 is 0 Å². The molecule has 9 nitrogen and oxygen atoms in total. The van der Waals surface area contributed by atoms with Gasteiger partial charge in [0, 0.05) is 41.9 Å². The van der Waals surface area contributed by atoms with E-state index in [1.165, 1.54) is 23.9 Å². The Bertz CT molecular complexity index is 1470. The van der Waals surface area contributed by atoms with Crippen molar-refractivity contribution in [2.75, 3.05) is 0 Å². The number of rotatable bonds is 7. The van der Waals surface area contributed by atoms with Crippen LogP contribution in [0.4, 0.5) is 5.69 Å². The molecular weight excluding hydrogens is 438 g/mol. The van der Waals surface area contributed by atoms with Gasteiger partial charge in [0.05, 0.1) is 16.1 Å². The molecule has 0 amide bonds. The Kier molecular flexibility index (Phi) is 5.51. The third-order valence-corrected chi connectivity index (χ3v) is 6.36. The van der Waals surface area contributed by atoms with Crippen LogP contribution in [0.5, 0.6) is 0 Å². The summed E-state index contributed by atoms with van der Waals surface area (Å²) in [5.41, 5.74) is 4.79. The number of fused-ring (bicyclic) bond motifs is 3. The number of aromatic nitrogens is 6. The van der Waals surface area contributed by atoms with Crippen LogP contribution in [0.1, 0.15) is 22.8 Å². The van der Waals surface area contributed by atoms with E-state index in [4.69, 9.17) is 15.1 Å². The van der Waals surface area contributed by atoms with Crippen molar-refractivity contribution in [1.82, 2.24) is 29.4 Å². The molecule has 0 aliphatic heterocycles. The molecule has 0 saturated heterocycles. The second kappa shape index (κ2) is 8.62. The van der Waals surface area contributed by atoms with Crippen LogP contribution in [0, 0.1) is 24.0 Å². The molecule has 166 valence electrons. The van der Waals surface area contributed by atoms with Gasteiger partial charge in [-0.2, -0.15) is 9.61 Å². The Balaban J connectivity index is 1.45. The molecule has 0 aliphatic carbocycles. The summed E-state index contributed by atoms with van der Waals surface area (Å²) < 4.78 is 3.77. The van der Waals surface area contributed by atoms with Crippen LogP contribution >= 0.6 is 11.8 Å². The van der Waals surface area contributed by atoms with Crippen molar-refractivity contribution in [3.63, 3.8) is 0 Å². The van der Waals surface area contributed by atoms with Gasteiger partial charge in [-0.15, -0.1) is 5.10 Å². The largest absolute Gasteiger partial charge is 0.269 e. The number of nitro groups is 1. The molecule has 0 fully saturated rings. The average Bonchev–Trinajstić information content (AvgIpc) is 3.38. The van der Waals surface area contributed by atoms with E-state index in [0.29, 0.717) is 18.7 Å². The molecular formula is C23H21N7O2S. The topological polar surface area (TPSA) is 104 Å². The molecule has 0 saturated carbocycles. The first-order chi connectivity index (χ1) is 16.0. The molecule has 3 aromatic heterocycles. The lowest BCUT2D eigenvalue weighted by Crippen LogP contribution is -2.06. The van der Waals surface area contributed by atoms with Crippen molar-refractivity contribution >= 4 is 34.0 Å². The molecule has 33 heavy (non-hydrogen) atoms. The summed E-state index contributed by atoms with van der Waals surface area (Å²) in [6, 6.07) is 16.5. The van der Waals surface area contributed by atoms with Crippen LogP contribution in [0.2, 0.25) is 0 Å². The van der Waals surface area contributed by atoms with Gasteiger partial charge in [-0.3, -0.25) is 14.8 Å². The van der Waals surface area contributed by atoms with Gasteiger partial charge >= 0.3 is 0 Å². The zero-order valence-electron chi connectivity index (χ0n) is 18.2. The minimum Gasteiger partial charge on any atom is -0.269 e. The van der Waals surface area contributed by atoms with E-state index < -0.39 is 4.92 Å². The number of para-hydroxylation sites is 1. The summed E-state index contributed by atoms with van der Waals surface area (Å²) in [4.78, 5) is 20.1. The Labute approximate surface area is 193 Å². The first kappa shape index (κ1) is 21.1. The Morgan fingerprint density at radius 2 is 1.82 bits per heavy atom. The molecule has 0 radical (unpaired) electrons. The van der Waals surface area contributed by atoms with Crippen molar-refractivity contribution in [2.24, 2.45) is 0 Å². The number of benzene rings is 2.